The number of nitriles is 1. The molecule has 0 radical (unpaired) electrons. The molecule has 2 aliphatic heterocycles. The Morgan fingerprint density at radius 1 is 1.14 bits per heavy atom. The van der Waals surface area contributed by atoms with Crippen LogP contribution in [0, 0.1) is 18.3 Å². The van der Waals surface area contributed by atoms with Gasteiger partial charge in [0.1, 0.15) is 0 Å². The van der Waals surface area contributed by atoms with Gasteiger partial charge in [0, 0.05) is 18.4 Å². The fraction of sp³-hybridized carbons (Fsp3) is 0.304. The highest BCUT2D eigenvalue weighted by atomic mass is 32.2. The third kappa shape index (κ3) is 3.46. The number of rotatable bonds is 3. The molecule has 0 N–H and O–H groups in total. The molecule has 0 spiro atoms. The van der Waals surface area contributed by atoms with Gasteiger partial charge >= 0.3 is 0 Å². The van der Waals surface area contributed by atoms with Crippen LogP contribution in [-0.4, -0.2) is 28.3 Å². The third-order valence-corrected chi connectivity index (χ3v) is 6.80. The molecule has 4 nitrogen and oxygen atoms in total. The molecular formula is C23H23N3OS. The minimum Gasteiger partial charge on any atom is -0.292 e. The largest absolute Gasteiger partial charge is 0.292 e. The number of benzene rings is 2. The van der Waals surface area contributed by atoms with Gasteiger partial charge in [-0.15, -0.1) is 0 Å². The maximum Gasteiger partial charge on any atom is 0.229 e. The SMILES string of the molecule is Cc1ccc(C2CC(=O)N3CN(C(C)c4ccccc4)CSC3=C2C#N)cc1. The molecule has 28 heavy (non-hydrogen) atoms. The Balaban J connectivity index is 1.62. The zero-order chi connectivity index (χ0) is 19.7. The summed E-state index contributed by atoms with van der Waals surface area (Å²) >= 11 is 1.60. The average molecular weight is 390 g/mol. The number of carbonyl (C=O) groups is 1. The highest BCUT2D eigenvalue weighted by Gasteiger charge is 2.39. The van der Waals surface area contributed by atoms with E-state index in [2.05, 4.69) is 30.0 Å². The lowest BCUT2D eigenvalue weighted by Crippen LogP contribution is -2.47. The lowest BCUT2D eigenvalue weighted by atomic mass is 9.86. The van der Waals surface area contributed by atoms with E-state index in [1.807, 2.05) is 49.4 Å². The summed E-state index contributed by atoms with van der Waals surface area (Å²) in [5, 5.41) is 10.7. The van der Waals surface area contributed by atoms with Crippen LogP contribution in [0.2, 0.25) is 0 Å². The first kappa shape index (κ1) is 18.8. The molecule has 2 aromatic rings. The lowest BCUT2D eigenvalue weighted by Gasteiger charge is -2.43. The zero-order valence-corrected chi connectivity index (χ0v) is 16.9. The van der Waals surface area contributed by atoms with E-state index in [-0.39, 0.29) is 17.9 Å². The first-order valence-corrected chi connectivity index (χ1v) is 10.5. The number of carbonyl (C=O) groups excluding carboxylic acids is 1. The number of amides is 1. The maximum atomic E-state index is 13.0. The molecule has 1 amide bonds. The van der Waals surface area contributed by atoms with Gasteiger partial charge in [-0.25, -0.2) is 0 Å². The summed E-state index contributed by atoms with van der Waals surface area (Å²) in [5.41, 5.74) is 4.18. The van der Waals surface area contributed by atoms with Gasteiger partial charge in [0.15, 0.2) is 0 Å². The minimum absolute atomic E-state index is 0.0945. The van der Waals surface area contributed by atoms with E-state index >= 15 is 0 Å². The standard InChI is InChI=1S/C23H23N3OS/c1-16-8-10-19(11-9-16)20-12-22(27)26-14-25(15-28-23(26)21(20)13-24)17(2)18-6-4-3-5-7-18/h3-11,17,20H,12,14-15H2,1-2H3. The third-order valence-electron chi connectivity index (χ3n) is 5.62. The summed E-state index contributed by atoms with van der Waals surface area (Å²) in [6.07, 6.45) is 0.351. The van der Waals surface area contributed by atoms with Gasteiger partial charge < -0.3 is 0 Å². The Bertz CT molecular complexity index is 946. The van der Waals surface area contributed by atoms with Gasteiger partial charge in [0.2, 0.25) is 5.91 Å². The molecule has 5 heteroatoms. The van der Waals surface area contributed by atoms with E-state index < -0.39 is 0 Å². The summed E-state index contributed by atoms with van der Waals surface area (Å²) in [6, 6.07) is 21.1. The van der Waals surface area contributed by atoms with E-state index in [0.717, 1.165) is 22.0 Å². The van der Waals surface area contributed by atoms with Gasteiger partial charge in [-0.2, -0.15) is 5.26 Å². The molecule has 2 unspecified atom stereocenters. The molecular weight excluding hydrogens is 366 g/mol. The lowest BCUT2D eigenvalue weighted by molar-refractivity contribution is -0.132. The second-order valence-corrected chi connectivity index (χ2v) is 8.34. The van der Waals surface area contributed by atoms with Crippen molar-refractivity contribution in [1.82, 2.24) is 9.80 Å². The average Bonchev–Trinajstić information content (AvgIpc) is 2.74. The van der Waals surface area contributed by atoms with Crippen LogP contribution in [0.4, 0.5) is 0 Å². The van der Waals surface area contributed by atoms with Crippen molar-refractivity contribution < 1.29 is 4.79 Å². The Hall–Kier alpha value is -2.55. The normalized spacial score (nSPS) is 21.2. The van der Waals surface area contributed by atoms with Crippen LogP contribution >= 0.6 is 11.8 Å². The molecule has 1 saturated heterocycles. The molecule has 142 valence electrons. The molecule has 0 aromatic heterocycles. The first-order chi connectivity index (χ1) is 13.6. The molecule has 2 heterocycles. The molecule has 4 rings (SSSR count). The van der Waals surface area contributed by atoms with Gasteiger partial charge in [-0.1, -0.05) is 71.9 Å². The predicted molar refractivity (Wildman–Crippen MR) is 112 cm³/mol. The van der Waals surface area contributed by atoms with Crippen LogP contribution in [0.15, 0.2) is 65.2 Å². The zero-order valence-electron chi connectivity index (χ0n) is 16.1. The second kappa shape index (κ2) is 7.83. The summed E-state index contributed by atoms with van der Waals surface area (Å²) in [7, 11) is 0. The molecule has 0 bridgehead atoms. The number of thioether (sulfide) groups is 1. The molecule has 0 aliphatic carbocycles. The summed E-state index contributed by atoms with van der Waals surface area (Å²) in [4.78, 5) is 17.1. The molecule has 2 aliphatic rings. The molecule has 0 saturated carbocycles. The molecule has 2 atom stereocenters. The van der Waals surface area contributed by atoms with Crippen LogP contribution in [0.3, 0.4) is 0 Å². The van der Waals surface area contributed by atoms with E-state index in [1.54, 1.807) is 16.7 Å². The van der Waals surface area contributed by atoms with Gasteiger partial charge in [-0.3, -0.25) is 14.6 Å². The van der Waals surface area contributed by atoms with Crippen LogP contribution in [-0.2, 0) is 4.79 Å². The van der Waals surface area contributed by atoms with Gasteiger partial charge in [0.05, 0.1) is 29.2 Å². The molecule has 1 fully saturated rings. The number of aryl methyl sites for hydroxylation is 1. The first-order valence-electron chi connectivity index (χ1n) is 9.51. The van der Waals surface area contributed by atoms with Gasteiger partial charge in [0.25, 0.3) is 0 Å². The molecule has 2 aromatic carbocycles. The Labute approximate surface area is 170 Å². The fourth-order valence-electron chi connectivity index (χ4n) is 3.85. The highest BCUT2D eigenvalue weighted by molar-refractivity contribution is 8.03. The summed E-state index contributed by atoms with van der Waals surface area (Å²) in [6.45, 7) is 4.74. The van der Waals surface area contributed by atoms with E-state index in [4.69, 9.17) is 0 Å². The van der Waals surface area contributed by atoms with Gasteiger partial charge in [-0.05, 0) is 25.0 Å². The van der Waals surface area contributed by atoms with E-state index in [1.165, 1.54) is 11.1 Å². The van der Waals surface area contributed by atoms with Crippen molar-refractivity contribution in [3.63, 3.8) is 0 Å². The van der Waals surface area contributed by atoms with E-state index in [9.17, 15) is 10.1 Å². The van der Waals surface area contributed by atoms with Crippen molar-refractivity contribution in [2.45, 2.75) is 32.2 Å². The van der Waals surface area contributed by atoms with Crippen molar-refractivity contribution >= 4 is 17.7 Å². The number of nitrogens with zero attached hydrogens (tertiary/aromatic N) is 3. The Morgan fingerprint density at radius 2 is 1.86 bits per heavy atom. The summed E-state index contributed by atoms with van der Waals surface area (Å²) < 4.78 is 0. The number of allylic oxidation sites excluding steroid dienone is 1. The van der Waals surface area contributed by atoms with Crippen LogP contribution < -0.4 is 0 Å². The van der Waals surface area contributed by atoms with Crippen molar-refractivity contribution in [2.24, 2.45) is 0 Å². The summed E-state index contributed by atoms with van der Waals surface area (Å²) in [5.74, 6) is 0.716. The Kier molecular flexibility index (Phi) is 5.25. The number of fused-ring (bicyclic) bond motifs is 1. The maximum absolute atomic E-state index is 13.0. The predicted octanol–water partition coefficient (Wildman–Crippen LogP) is 4.77. The van der Waals surface area contributed by atoms with Crippen LogP contribution in [0.5, 0.6) is 0 Å². The minimum atomic E-state index is -0.144. The number of hydrogen-bond donors (Lipinski definition) is 0. The monoisotopic (exact) mass is 389 g/mol. The van der Waals surface area contributed by atoms with Crippen molar-refractivity contribution in [2.75, 3.05) is 12.5 Å². The van der Waals surface area contributed by atoms with Crippen LogP contribution in [0.1, 0.15) is 42.0 Å². The number of hydrogen-bond acceptors (Lipinski definition) is 4. The van der Waals surface area contributed by atoms with Crippen molar-refractivity contribution in [1.29, 1.82) is 5.26 Å². The van der Waals surface area contributed by atoms with Crippen molar-refractivity contribution in [3.8, 4) is 6.07 Å². The van der Waals surface area contributed by atoms with Crippen molar-refractivity contribution in [3.05, 3.63) is 81.9 Å². The smallest absolute Gasteiger partial charge is 0.229 e. The van der Waals surface area contributed by atoms with E-state index in [0.29, 0.717) is 13.1 Å². The quantitative estimate of drug-likeness (QED) is 0.759. The fourth-order valence-corrected chi connectivity index (χ4v) is 5.10. The second-order valence-electron chi connectivity index (χ2n) is 7.41. The van der Waals surface area contributed by atoms with Crippen LogP contribution in [0.25, 0.3) is 0 Å². The Morgan fingerprint density at radius 3 is 2.54 bits per heavy atom. The topological polar surface area (TPSA) is 47.3 Å². The highest BCUT2D eigenvalue weighted by Crippen LogP contribution is 2.43.